The third kappa shape index (κ3) is 4.76. The summed E-state index contributed by atoms with van der Waals surface area (Å²) in [6.07, 6.45) is 0. The number of amides is 2. The maximum atomic E-state index is 14.3. The largest absolute Gasteiger partial charge is 0.469 e. The Labute approximate surface area is 239 Å². The van der Waals surface area contributed by atoms with Crippen molar-refractivity contribution in [1.29, 1.82) is 0 Å². The van der Waals surface area contributed by atoms with Gasteiger partial charge >= 0.3 is 11.9 Å². The number of rotatable bonds is 6. The number of hydrazine groups is 1. The molecule has 9 nitrogen and oxygen atoms in total. The lowest BCUT2D eigenvalue weighted by atomic mass is 9.82. The molecule has 41 heavy (non-hydrogen) atoms. The van der Waals surface area contributed by atoms with Crippen LogP contribution in [0.3, 0.4) is 0 Å². The molecular weight excluding hydrogens is 522 g/mol. The molecule has 2 aliphatic heterocycles. The van der Waals surface area contributed by atoms with E-state index >= 15 is 0 Å². The van der Waals surface area contributed by atoms with Crippen molar-refractivity contribution in [2.45, 2.75) is 44.9 Å². The van der Waals surface area contributed by atoms with Gasteiger partial charge in [-0.15, -0.1) is 0 Å². The normalized spacial score (nSPS) is 23.7. The highest BCUT2D eigenvalue weighted by molar-refractivity contribution is 6.00. The Hall–Kier alpha value is -4.50. The fourth-order valence-corrected chi connectivity index (χ4v) is 6.44. The molecule has 1 N–H and O–H groups in total. The molecule has 0 radical (unpaired) electrons. The van der Waals surface area contributed by atoms with Crippen molar-refractivity contribution in [2.24, 2.45) is 5.92 Å². The first-order chi connectivity index (χ1) is 19.7. The van der Waals surface area contributed by atoms with Gasteiger partial charge in [-0.2, -0.15) is 5.01 Å². The Morgan fingerprint density at radius 1 is 0.780 bits per heavy atom. The summed E-state index contributed by atoms with van der Waals surface area (Å²) in [5.41, 5.74) is 4.80. The Bertz CT molecular complexity index is 1470. The summed E-state index contributed by atoms with van der Waals surface area (Å²) in [7, 11) is 2.49. The lowest BCUT2D eigenvalue weighted by Crippen LogP contribution is -2.50. The molecule has 2 amide bonds. The molecule has 0 aromatic heterocycles. The maximum Gasteiger partial charge on any atom is 0.331 e. The molecule has 5 atom stereocenters. The topological polar surface area (TPSA) is 105 Å². The highest BCUT2D eigenvalue weighted by atomic mass is 16.5. The van der Waals surface area contributed by atoms with Crippen molar-refractivity contribution in [3.05, 3.63) is 106 Å². The molecule has 0 bridgehead atoms. The maximum absolute atomic E-state index is 14.3. The first-order valence-electron chi connectivity index (χ1n) is 13.4. The third-order valence-corrected chi connectivity index (χ3v) is 7.98. The van der Waals surface area contributed by atoms with Crippen LogP contribution in [0.15, 0.2) is 72.8 Å². The van der Waals surface area contributed by atoms with E-state index in [2.05, 4.69) is 5.32 Å². The molecule has 2 aliphatic rings. The van der Waals surface area contributed by atoms with E-state index in [1.165, 1.54) is 19.2 Å². The molecule has 9 heteroatoms. The van der Waals surface area contributed by atoms with E-state index in [9.17, 15) is 19.2 Å². The van der Waals surface area contributed by atoms with E-state index in [0.717, 1.165) is 27.8 Å². The number of esters is 2. The highest BCUT2D eigenvalue weighted by Crippen LogP contribution is 2.53. The van der Waals surface area contributed by atoms with Crippen LogP contribution in [0.2, 0.25) is 0 Å². The Balaban J connectivity index is 1.74. The summed E-state index contributed by atoms with van der Waals surface area (Å²) >= 11 is 0. The molecule has 0 spiro atoms. The van der Waals surface area contributed by atoms with Crippen LogP contribution in [0, 0.1) is 26.7 Å². The van der Waals surface area contributed by atoms with E-state index < -0.39 is 53.8 Å². The van der Waals surface area contributed by atoms with Gasteiger partial charge in [0.15, 0.2) is 6.04 Å². The summed E-state index contributed by atoms with van der Waals surface area (Å²) in [4.78, 5) is 54.6. The minimum atomic E-state index is -1.30. The van der Waals surface area contributed by atoms with Gasteiger partial charge in [0.2, 0.25) is 0 Å². The second kappa shape index (κ2) is 11.2. The van der Waals surface area contributed by atoms with E-state index in [4.69, 9.17) is 9.47 Å². The van der Waals surface area contributed by atoms with Crippen molar-refractivity contribution in [1.82, 2.24) is 15.3 Å². The fourth-order valence-electron chi connectivity index (χ4n) is 6.44. The predicted molar refractivity (Wildman–Crippen MR) is 150 cm³/mol. The lowest BCUT2D eigenvalue weighted by Gasteiger charge is -2.34. The molecule has 0 saturated carbocycles. The number of carbonyl (C=O) groups excluding carboxylic acids is 4. The zero-order chi connectivity index (χ0) is 29.4. The predicted octanol–water partition coefficient (Wildman–Crippen LogP) is 3.60. The number of hydrogen-bond donors (Lipinski definition) is 1. The summed E-state index contributed by atoms with van der Waals surface area (Å²) in [5, 5.41) is 6.02. The summed E-state index contributed by atoms with van der Waals surface area (Å²) < 4.78 is 10.4. The van der Waals surface area contributed by atoms with Gasteiger partial charge in [0.1, 0.15) is 12.0 Å². The summed E-state index contributed by atoms with van der Waals surface area (Å²) in [5.74, 6) is -3.40. The second-order valence-corrected chi connectivity index (χ2v) is 10.5. The van der Waals surface area contributed by atoms with Gasteiger partial charge in [-0.1, -0.05) is 66.2 Å². The zero-order valence-electron chi connectivity index (χ0n) is 23.7. The summed E-state index contributed by atoms with van der Waals surface area (Å²) in [6, 6.07) is 18.1. The average molecular weight is 556 g/mol. The minimum absolute atomic E-state index is 0.396. The van der Waals surface area contributed by atoms with Crippen LogP contribution in [0.25, 0.3) is 0 Å². The summed E-state index contributed by atoms with van der Waals surface area (Å²) in [6.45, 7) is 5.88. The van der Waals surface area contributed by atoms with Crippen molar-refractivity contribution in [3.63, 3.8) is 0 Å². The van der Waals surface area contributed by atoms with E-state index in [-0.39, 0.29) is 0 Å². The van der Waals surface area contributed by atoms with Crippen LogP contribution in [0.1, 0.15) is 50.3 Å². The standard InChI is InChI=1S/C32H33N3O6/c1-18-16-19(2)23(20(3)17-18)27-24(31(38)40-4)28(32(39)41-5)35-30(37)25(33-29(36)22-14-10-7-11-15-22)26(34(27)35)21-12-8-6-9-13-21/h6-17,24-28H,1-5H3,(H,33,36)/t24-,25-,26-,27-,28-/m1/s1. The minimum Gasteiger partial charge on any atom is -0.469 e. The molecule has 2 fully saturated rings. The van der Waals surface area contributed by atoms with Crippen molar-refractivity contribution in [2.75, 3.05) is 14.2 Å². The number of fused-ring (bicyclic) bond motifs is 1. The van der Waals surface area contributed by atoms with Crippen LogP contribution >= 0.6 is 0 Å². The molecule has 2 heterocycles. The molecule has 2 saturated heterocycles. The first-order valence-corrected chi connectivity index (χ1v) is 13.4. The van der Waals surface area contributed by atoms with Crippen LogP contribution in [0.4, 0.5) is 0 Å². The van der Waals surface area contributed by atoms with E-state index in [0.29, 0.717) is 5.56 Å². The van der Waals surface area contributed by atoms with Gasteiger partial charge in [0, 0.05) is 5.56 Å². The quantitative estimate of drug-likeness (QED) is 0.464. The van der Waals surface area contributed by atoms with Gasteiger partial charge < -0.3 is 14.8 Å². The van der Waals surface area contributed by atoms with Crippen LogP contribution < -0.4 is 5.32 Å². The number of carbonyl (C=O) groups is 4. The number of benzene rings is 3. The Kier molecular flexibility index (Phi) is 7.64. The Morgan fingerprint density at radius 3 is 1.90 bits per heavy atom. The van der Waals surface area contributed by atoms with Crippen LogP contribution in [-0.2, 0) is 23.9 Å². The molecule has 3 aromatic carbocycles. The Morgan fingerprint density at radius 2 is 1.34 bits per heavy atom. The van der Waals surface area contributed by atoms with Crippen molar-refractivity contribution < 1.29 is 28.7 Å². The smallest absolute Gasteiger partial charge is 0.331 e. The lowest BCUT2D eigenvalue weighted by molar-refractivity contribution is -0.161. The molecule has 3 aromatic rings. The molecule has 0 aliphatic carbocycles. The van der Waals surface area contributed by atoms with Crippen LogP contribution in [-0.4, -0.2) is 60.1 Å². The zero-order valence-corrected chi connectivity index (χ0v) is 23.7. The van der Waals surface area contributed by atoms with Gasteiger partial charge in [0.05, 0.1) is 26.3 Å². The van der Waals surface area contributed by atoms with Crippen molar-refractivity contribution >= 4 is 23.8 Å². The first kappa shape index (κ1) is 28.0. The number of nitrogens with zero attached hydrogens (tertiary/aromatic N) is 2. The fraction of sp³-hybridized carbons (Fsp3) is 0.312. The number of nitrogens with one attached hydrogen (secondary N) is 1. The molecular formula is C32H33N3O6. The van der Waals surface area contributed by atoms with Gasteiger partial charge in [-0.25, -0.2) is 4.79 Å². The number of hydrogen-bond acceptors (Lipinski definition) is 7. The molecule has 212 valence electrons. The number of methoxy groups -OCH3 is 2. The number of ether oxygens (including phenoxy) is 2. The highest BCUT2D eigenvalue weighted by Gasteiger charge is 2.66. The van der Waals surface area contributed by atoms with Gasteiger partial charge in [-0.05, 0) is 55.2 Å². The second-order valence-electron chi connectivity index (χ2n) is 10.5. The monoisotopic (exact) mass is 555 g/mol. The van der Waals surface area contributed by atoms with Crippen molar-refractivity contribution in [3.8, 4) is 0 Å². The van der Waals surface area contributed by atoms with Gasteiger partial charge in [0.25, 0.3) is 11.8 Å². The molecule has 0 unspecified atom stereocenters. The third-order valence-electron chi connectivity index (χ3n) is 7.98. The van der Waals surface area contributed by atoms with Gasteiger partial charge in [-0.3, -0.25) is 19.4 Å². The SMILES string of the molecule is COC(=O)[C@@H]1[C@@H](c2c(C)cc(C)cc2C)N2[C@H](c3ccccc3)[C@@H](NC(=O)c3ccccc3)C(=O)N2[C@H]1C(=O)OC. The van der Waals surface area contributed by atoms with Crippen LogP contribution in [0.5, 0.6) is 0 Å². The van der Waals surface area contributed by atoms with E-state index in [1.807, 2.05) is 63.2 Å². The average Bonchev–Trinajstić information content (AvgIpc) is 3.44. The van der Waals surface area contributed by atoms with E-state index in [1.54, 1.807) is 35.3 Å². The molecule has 5 rings (SSSR count). The number of aryl methyl sites for hydroxylation is 3.